The van der Waals surface area contributed by atoms with Gasteiger partial charge in [-0.1, -0.05) is 29.8 Å². The van der Waals surface area contributed by atoms with Crippen LogP contribution in [0.4, 0.5) is 4.39 Å². The minimum atomic E-state index is -0.119. The SMILES string of the molecule is CCN(CC)[C@H]1CC[C@H](CCN2CCC(Cc3cc(F)ccc3Br)CC2)CC1. The summed E-state index contributed by atoms with van der Waals surface area (Å²) in [5.74, 6) is 1.51. The minimum Gasteiger partial charge on any atom is -0.303 e. The molecule has 0 amide bonds. The smallest absolute Gasteiger partial charge is 0.123 e. The van der Waals surface area contributed by atoms with E-state index >= 15 is 0 Å². The second-order valence-electron chi connectivity index (χ2n) is 8.91. The molecule has 1 saturated heterocycles. The third-order valence-electron chi connectivity index (χ3n) is 7.22. The van der Waals surface area contributed by atoms with Crippen LogP contribution in [-0.2, 0) is 6.42 Å². The zero-order valence-electron chi connectivity index (χ0n) is 17.8. The number of piperidine rings is 1. The fraction of sp³-hybridized carbons (Fsp3) is 0.750. The fourth-order valence-corrected chi connectivity index (χ4v) is 5.74. The molecule has 0 unspecified atom stereocenters. The van der Waals surface area contributed by atoms with Gasteiger partial charge < -0.3 is 9.80 Å². The normalized spacial score (nSPS) is 24.8. The molecular formula is C24H38BrFN2. The summed E-state index contributed by atoms with van der Waals surface area (Å²) in [5.41, 5.74) is 1.13. The lowest BCUT2D eigenvalue weighted by Crippen LogP contribution is -2.39. The van der Waals surface area contributed by atoms with Crippen LogP contribution in [0.1, 0.15) is 64.4 Å². The molecule has 0 spiro atoms. The van der Waals surface area contributed by atoms with Crippen molar-refractivity contribution in [3.63, 3.8) is 0 Å². The molecular weight excluding hydrogens is 415 g/mol. The van der Waals surface area contributed by atoms with E-state index < -0.39 is 0 Å². The summed E-state index contributed by atoms with van der Waals surface area (Å²) in [6.07, 6.45) is 10.5. The van der Waals surface area contributed by atoms with Gasteiger partial charge in [0.05, 0.1) is 0 Å². The van der Waals surface area contributed by atoms with E-state index in [4.69, 9.17) is 0 Å². The van der Waals surface area contributed by atoms with Gasteiger partial charge in [0.2, 0.25) is 0 Å². The Kier molecular flexibility index (Phi) is 8.80. The van der Waals surface area contributed by atoms with Crippen molar-refractivity contribution in [3.8, 4) is 0 Å². The molecule has 158 valence electrons. The number of halogens is 2. The monoisotopic (exact) mass is 452 g/mol. The highest BCUT2D eigenvalue weighted by molar-refractivity contribution is 9.10. The Balaban J connectivity index is 1.34. The molecule has 1 aliphatic heterocycles. The number of rotatable bonds is 8. The number of hydrogen-bond donors (Lipinski definition) is 0. The van der Waals surface area contributed by atoms with Crippen LogP contribution in [0.5, 0.6) is 0 Å². The van der Waals surface area contributed by atoms with Crippen LogP contribution in [0.3, 0.4) is 0 Å². The molecule has 28 heavy (non-hydrogen) atoms. The predicted molar refractivity (Wildman–Crippen MR) is 120 cm³/mol. The van der Waals surface area contributed by atoms with Gasteiger partial charge in [-0.2, -0.15) is 0 Å². The molecule has 1 aromatic carbocycles. The molecule has 2 nitrogen and oxygen atoms in total. The van der Waals surface area contributed by atoms with E-state index in [0.717, 1.165) is 28.4 Å². The third kappa shape index (κ3) is 6.27. The summed E-state index contributed by atoms with van der Waals surface area (Å²) in [6, 6.07) is 5.91. The van der Waals surface area contributed by atoms with Crippen LogP contribution >= 0.6 is 15.9 Å². The van der Waals surface area contributed by atoms with Gasteiger partial charge in [0, 0.05) is 10.5 Å². The maximum absolute atomic E-state index is 13.5. The van der Waals surface area contributed by atoms with Gasteiger partial charge >= 0.3 is 0 Å². The van der Waals surface area contributed by atoms with Crippen molar-refractivity contribution in [2.24, 2.45) is 11.8 Å². The average molecular weight is 453 g/mol. The number of benzene rings is 1. The van der Waals surface area contributed by atoms with E-state index in [1.54, 1.807) is 6.07 Å². The van der Waals surface area contributed by atoms with Crippen molar-refractivity contribution in [1.82, 2.24) is 9.80 Å². The van der Waals surface area contributed by atoms with Gasteiger partial charge in [-0.15, -0.1) is 0 Å². The number of nitrogens with zero attached hydrogens (tertiary/aromatic N) is 2. The zero-order valence-corrected chi connectivity index (χ0v) is 19.4. The molecule has 3 rings (SSSR count). The number of likely N-dealkylation sites (tertiary alicyclic amines) is 1. The Morgan fingerprint density at radius 2 is 1.68 bits per heavy atom. The molecule has 1 aromatic rings. The second-order valence-corrected chi connectivity index (χ2v) is 9.76. The first-order valence-corrected chi connectivity index (χ1v) is 12.3. The Hall–Kier alpha value is -0.450. The van der Waals surface area contributed by atoms with Crippen molar-refractivity contribution in [2.75, 3.05) is 32.7 Å². The first kappa shape index (κ1) is 22.2. The lowest BCUT2D eigenvalue weighted by Gasteiger charge is -2.37. The highest BCUT2D eigenvalue weighted by Crippen LogP contribution is 2.31. The van der Waals surface area contributed by atoms with E-state index in [2.05, 4.69) is 39.6 Å². The van der Waals surface area contributed by atoms with Crippen LogP contribution in [0.2, 0.25) is 0 Å². The standard InChI is InChI=1S/C24H38BrFN2/c1-3-28(4-2)23-8-5-19(6-9-23)11-14-27-15-12-20(13-16-27)17-21-18-22(26)7-10-24(21)25/h7,10,18-20,23H,3-6,8-9,11-17H2,1-2H3/t19-,23-. The Morgan fingerprint density at radius 1 is 1.00 bits per heavy atom. The van der Waals surface area contributed by atoms with Crippen LogP contribution in [0.15, 0.2) is 22.7 Å². The van der Waals surface area contributed by atoms with E-state index in [9.17, 15) is 4.39 Å². The van der Waals surface area contributed by atoms with E-state index in [-0.39, 0.29) is 5.82 Å². The topological polar surface area (TPSA) is 6.48 Å². The van der Waals surface area contributed by atoms with Crippen LogP contribution in [-0.4, -0.2) is 48.6 Å². The van der Waals surface area contributed by atoms with Gasteiger partial charge in [0.1, 0.15) is 5.82 Å². The summed E-state index contributed by atoms with van der Waals surface area (Å²) in [7, 11) is 0. The Bertz CT molecular complexity index is 588. The van der Waals surface area contributed by atoms with Crippen LogP contribution < -0.4 is 0 Å². The summed E-state index contributed by atoms with van der Waals surface area (Å²) in [5, 5.41) is 0. The van der Waals surface area contributed by atoms with E-state index in [1.807, 2.05) is 6.07 Å². The highest BCUT2D eigenvalue weighted by Gasteiger charge is 2.26. The van der Waals surface area contributed by atoms with Crippen LogP contribution in [0.25, 0.3) is 0 Å². The molecule has 2 fully saturated rings. The lowest BCUT2D eigenvalue weighted by molar-refractivity contribution is 0.130. The predicted octanol–water partition coefficient (Wildman–Crippen LogP) is 6.13. The molecule has 0 radical (unpaired) electrons. The molecule has 0 bridgehead atoms. The van der Waals surface area contributed by atoms with Crippen LogP contribution in [0, 0.1) is 17.7 Å². The fourth-order valence-electron chi connectivity index (χ4n) is 5.33. The molecule has 1 aliphatic carbocycles. The maximum atomic E-state index is 13.5. The second kappa shape index (κ2) is 11.1. The van der Waals surface area contributed by atoms with Crippen molar-refractivity contribution in [3.05, 3.63) is 34.1 Å². The quantitative estimate of drug-likeness (QED) is 0.467. The average Bonchev–Trinajstić information content (AvgIpc) is 2.72. The summed E-state index contributed by atoms with van der Waals surface area (Å²) >= 11 is 3.58. The van der Waals surface area contributed by atoms with Crippen molar-refractivity contribution < 1.29 is 4.39 Å². The zero-order chi connectivity index (χ0) is 19.9. The molecule has 1 saturated carbocycles. The lowest BCUT2D eigenvalue weighted by atomic mass is 9.83. The number of hydrogen-bond acceptors (Lipinski definition) is 2. The molecule has 4 heteroatoms. The van der Waals surface area contributed by atoms with Gasteiger partial charge in [-0.05, 0) is 120 Å². The maximum Gasteiger partial charge on any atom is 0.123 e. The molecule has 1 heterocycles. The van der Waals surface area contributed by atoms with Crippen molar-refractivity contribution in [2.45, 2.75) is 71.3 Å². The summed E-state index contributed by atoms with van der Waals surface area (Å²) < 4.78 is 14.6. The molecule has 0 aromatic heterocycles. The van der Waals surface area contributed by atoms with Gasteiger partial charge in [-0.25, -0.2) is 4.39 Å². The molecule has 0 N–H and O–H groups in total. The first-order chi connectivity index (χ1) is 13.6. The molecule has 2 aliphatic rings. The summed E-state index contributed by atoms with van der Waals surface area (Å²) in [6.45, 7) is 10.7. The van der Waals surface area contributed by atoms with Gasteiger partial charge in [-0.3, -0.25) is 0 Å². The van der Waals surface area contributed by atoms with Gasteiger partial charge in [0.15, 0.2) is 0 Å². The Morgan fingerprint density at radius 3 is 2.32 bits per heavy atom. The highest BCUT2D eigenvalue weighted by atomic mass is 79.9. The first-order valence-electron chi connectivity index (χ1n) is 11.5. The molecule has 0 atom stereocenters. The largest absolute Gasteiger partial charge is 0.303 e. The van der Waals surface area contributed by atoms with Gasteiger partial charge in [0.25, 0.3) is 0 Å². The summed E-state index contributed by atoms with van der Waals surface area (Å²) in [4.78, 5) is 5.32. The minimum absolute atomic E-state index is 0.119. The van der Waals surface area contributed by atoms with Crippen molar-refractivity contribution >= 4 is 15.9 Å². The third-order valence-corrected chi connectivity index (χ3v) is 8.00. The van der Waals surface area contributed by atoms with E-state index in [1.165, 1.54) is 83.7 Å². The Labute approximate surface area is 180 Å². The van der Waals surface area contributed by atoms with Crippen molar-refractivity contribution in [1.29, 1.82) is 0 Å². The van der Waals surface area contributed by atoms with E-state index in [0.29, 0.717) is 5.92 Å².